The van der Waals surface area contributed by atoms with E-state index in [4.69, 9.17) is 12.2 Å². The number of nitrogens with one attached hydrogen (secondary N) is 1. The summed E-state index contributed by atoms with van der Waals surface area (Å²) in [5.41, 5.74) is 4.37. The molecule has 1 aromatic heterocycles. The Morgan fingerprint density at radius 2 is 1.96 bits per heavy atom. The standard InChI is InChI=1S/C22H25FN4S/c1-17-4-5-18(2)21(14-17)25-22(28)27(12-3-11-26-13-10-24-16-26)15-19-6-8-20(23)9-7-19/h4-10,13-14,16H,3,11-12,15H2,1-2H3,(H,25,28). The number of aromatic nitrogens is 2. The van der Waals surface area contributed by atoms with Gasteiger partial charge in [-0.3, -0.25) is 0 Å². The topological polar surface area (TPSA) is 33.1 Å². The molecule has 0 fully saturated rings. The zero-order valence-corrected chi connectivity index (χ0v) is 17.0. The molecule has 0 aliphatic carbocycles. The molecule has 0 saturated carbocycles. The fourth-order valence-corrected chi connectivity index (χ4v) is 3.26. The summed E-state index contributed by atoms with van der Waals surface area (Å²) in [5, 5.41) is 4.06. The average molecular weight is 397 g/mol. The smallest absolute Gasteiger partial charge is 0.173 e. The minimum absolute atomic E-state index is 0.230. The average Bonchev–Trinajstić information content (AvgIpc) is 3.19. The predicted molar refractivity (Wildman–Crippen MR) is 116 cm³/mol. The summed E-state index contributed by atoms with van der Waals surface area (Å²) < 4.78 is 15.3. The van der Waals surface area contributed by atoms with Gasteiger partial charge in [0.1, 0.15) is 5.82 Å². The van der Waals surface area contributed by atoms with E-state index < -0.39 is 0 Å². The Morgan fingerprint density at radius 3 is 2.68 bits per heavy atom. The number of anilines is 1. The summed E-state index contributed by atoms with van der Waals surface area (Å²) >= 11 is 5.72. The van der Waals surface area contributed by atoms with Crippen LogP contribution in [0.25, 0.3) is 0 Å². The Hall–Kier alpha value is -2.73. The molecular formula is C22H25FN4S. The normalized spacial score (nSPS) is 10.7. The van der Waals surface area contributed by atoms with Gasteiger partial charge < -0.3 is 14.8 Å². The van der Waals surface area contributed by atoms with Crippen molar-refractivity contribution in [2.24, 2.45) is 0 Å². The van der Waals surface area contributed by atoms with Crippen LogP contribution in [-0.2, 0) is 13.1 Å². The Bertz CT molecular complexity index is 907. The van der Waals surface area contributed by atoms with Crippen molar-refractivity contribution >= 4 is 23.0 Å². The predicted octanol–water partition coefficient (Wildman–Crippen LogP) is 4.93. The quantitative estimate of drug-likeness (QED) is 0.574. The second kappa shape index (κ2) is 9.46. The molecule has 1 heterocycles. The van der Waals surface area contributed by atoms with Gasteiger partial charge in [-0.05, 0) is 67.4 Å². The summed E-state index contributed by atoms with van der Waals surface area (Å²) in [7, 11) is 0. The Balaban J connectivity index is 1.70. The van der Waals surface area contributed by atoms with Gasteiger partial charge in [-0.25, -0.2) is 9.37 Å². The van der Waals surface area contributed by atoms with E-state index in [0.717, 1.165) is 36.3 Å². The van der Waals surface area contributed by atoms with Gasteiger partial charge in [0.2, 0.25) is 0 Å². The fourth-order valence-electron chi connectivity index (χ4n) is 2.99. The van der Waals surface area contributed by atoms with E-state index in [1.807, 2.05) is 12.5 Å². The lowest BCUT2D eigenvalue weighted by Crippen LogP contribution is -2.35. The van der Waals surface area contributed by atoms with E-state index >= 15 is 0 Å². The highest BCUT2D eigenvalue weighted by molar-refractivity contribution is 7.80. The molecule has 0 aliphatic rings. The van der Waals surface area contributed by atoms with E-state index in [1.54, 1.807) is 18.3 Å². The first kappa shape index (κ1) is 20.0. The number of nitrogens with zero attached hydrogens (tertiary/aromatic N) is 3. The molecule has 1 N–H and O–H groups in total. The molecule has 2 aromatic carbocycles. The lowest BCUT2D eigenvalue weighted by molar-refractivity contribution is 0.395. The first-order valence-corrected chi connectivity index (χ1v) is 9.75. The Labute approximate surface area is 171 Å². The molecule has 0 radical (unpaired) electrons. The van der Waals surface area contributed by atoms with Gasteiger partial charge in [-0.1, -0.05) is 24.3 Å². The van der Waals surface area contributed by atoms with Crippen molar-refractivity contribution in [2.75, 3.05) is 11.9 Å². The largest absolute Gasteiger partial charge is 0.345 e. The van der Waals surface area contributed by atoms with E-state index in [2.05, 4.69) is 51.8 Å². The van der Waals surface area contributed by atoms with Crippen LogP contribution in [0.3, 0.4) is 0 Å². The van der Waals surface area contributed by atoms with Crippen LogP contribution in [0.15, 0.2) is 61.2 Å². The molecule has 6 heteroatoms. The van der Waals surface area contributed by atoms with Crippen LogP contribution >= 0.6 is 12.2 Å². The number of hydrogen-bond donors (Lipinski definition) is 1. The van der Waals surface area contributed by atoms with Gasteiger partial charge in [0, 0.05) is 37.7 Å². The van der Waals surface area contributed by atoms with Gasteiger partial charge >= 0.3 is 0 Å². The molecule has 0 saturated heterocycles. The van der Waals surface area contributed by atoms with Crippen molar-refractivity contribution < 1.29 is 4.39 Å². The van der Waals surface area contributed by atoms with Crippen LogP contribution in [0.1, 0.15) is 23.1 Å². The third-order valence-electron chi connectivity index (χ3n) is 4.61. The number of benzene rings is 2. The van der Waals surface area contributed by atoms with Crippen LogP contribution < -0.4 is 5.32 Å². The summed E-state index contributed by atoms with van der Waals surface area (Å²) in [4.78, 5) is 6.21. The minimum Gasteiger partial charge on any atom is -0.345 e. The van der Waals surface area contributed by atoms with Crippen molar-refractivity contribution in [1.29, 1.82) is 0 Å². The highest BCUT2D eigenvalue weighted by Crippen LogP contribution is 2.18. The molecule has 0 bridgehead atoms. The van der Waals surface area contributed by atoms with Gasteiger partial charge in [0.05, 0.1) is 6.33 Å². The third kappa shape index (κ3) is 5.63. The first-order chi connectivity index (χ1) is 13.5. The number of hydrogen-bond acceptors (Lipinski definition) is 2. The molecular weight excluding hydrogens is 371 g/mol. The zero-order chi connectivity index (χ0) is 19.9. The highest BCUT2D eigenvalue weighted by Gasteiger charge is 2.12. The summed E-state index contributed by atoms with van der Waals surface area (Å²) in [5.74, 6) is -0.230. The maximum Gasteiger partial charge on any atom is 0.173 e. The minimum atomic E-state index is -0.230. The van der Waals surface area contributed by atoms with Crippen LogP contribution in [0.4, 0.5) is 10.1 Å². The van der Waals surface area contributed by atoms with Gasteiger partial charge in [0.15, 0.2) is 5.11 Å². The van der Waals surface area contributed by atoms with E-state index in [-0.39, 0.29) is 5.82 Å². The van der Waals surface area contributed by atoms with Gasteiger partial charge in [-0.2, -0.15) is 0 Å². The maximum absolute atomic E-state index is 13.3. The molecule has 146 valence electrons. The van der Waals surface area contributed by atoms with Gasteiger partial charge in [0.25, 0.3) is 0 Å². The molecule has 0 spiro atoms. The lowest BCUT2D eigenvalue weighted by atomic mass is 10.1. The molecule has 0 aliphatic heterocycles. The molecule has 3 rings (SSSR count). The Morgan fingerprint density at radius 1 is 1.18 bits per heavy atom. The van der Waals surface area contributed by atoms with Crippen molar-refractivity contribution in [2.45, 2.75) is 33.4 Å². The lowest BCUT2D eigenvalue weighted by Gasteiger charge is -2.27. The van der Waals surface area contributed by atoms with Crippen molar-refractivity contribution in [1.82, 2.24) is 14.5 Å². The second-order valence-electron chi connectivity index (χ2n) is 6.95. The van der Waals surface area contributed by atoms with Crippen molar-refractivity contribution in [3.8, 4) is 0 Å². The van der Waals surface area contributed by atoms with Gasteiger partial charge in [-0.15, -0.1) is 0 Å². The number of rotatable bonds is 7. The monoisotopic (exact) mass is 396 g/mol. The van der Waals surface area contributed by atoms with E-state index in [1.165, 1.54) is 17.7 Å². The van der Waals surface area contributed by atoms with Crippen LogP contribution in [0.2, 0.25) is 0 Å². The number of imidazole rings is 1. The number of halogens is 1. The van der Waals surface area contributed by atoms with Crippen LogP contribution in [0.5, 0.6) is 0 Å². The maximum atomic E-state index is 13.3. The molecule has 0 unspecified atom stereocenters. The Kier molecular flexibility index (Phi) is 6.76. The zero-order valence-electron chi connectivity index (χ0n) is 16.2. The van der Waals surface area contributed by atoms with E-state index in [9.17, 15) is 4.39 Å². The summed E-state index contributed by atoms with van der Waals surface area (Å²) in [6.45, 7) is 6.40. The molecule has 28 heavy (non-hydrogen) atoms. The fraction of sp³-hybridized carbons (Fsp3) is 0.273. The number of thiocarbonyl (C=S) groups is 1. The summed E-state index contributed by atoms with van der Waals surface area (Å²) in [6, 6.07) is 12.9. The van der Waals surface area contributed by atoms with Crippen LogP contribution in [-0.4, -0.2) is 26.1 Å². The van der Waals surface area contributed by atoms with E-state index in [0.29, 0.717) is 11.7 Å². The number of aryl methyl sites for hydroxylation is 3. The van der Waals surface area contributed by atoms with Crippen molar-refractivity contribution in [3.05, 3.63) is 83.7 Å². The molecule has 4 nitrogen and oxygen atoms in total. The third-order valence-corrected chi connectivity index (χ3v) is 4.97. The highest BCUT2D eigenvalue weighted by atomic mass is 32.1. The molecule has 3 aromatic rings. The molecule has 0 atom stereocenters. The molecule has 0 amide bonds. The first-order valence-electron chi connectivity index (χ1n) is 9.34. The summed E-state index contributed by atoms with van der Waals surface area (Å²) in [6.07, 6.45) is 6.48. The van der Waals surface area contributed by atoms with Crippen molar-refractivity contribution in [3.63, 3.8) is 0 Å². The van der Waals surface area contributed by atoms with Crippen LogP contribution in [0, 0.1) is 19.7 Å². The second-order valence-corrected chi connectivity index (χ2v) is 7.34. The SMILES string of the molecule is Cc1ccc(C)c(NC(=S)N(CCCn2ccnc2)Cc2ccc(F)cc2)c1.